The summed E-state index contributed by atoms with van der Waals surface area (Å²) in [7, 11) is 1.80. The summed E-state index contributed by atoms with van der Waals surface area (Å²) in [5, 5.41) is 8.90. The maximum atomic E-state index is 12.8. The van der Waals surface area contributed by atoms with Crippen LogP contribution in [0.5, 0.6) is 0 Å². The molecule has 0 spiro atoms. The number of amides is 1. The van der Waals surface area contributed by atoms with Gasteiger partial charge >= 0.3 is 0 Å². The third kappa shape index (κ3) is 4.22. The lowest BCUT2D eigenvalue weighted by molar-refractivity contribution is -0.115. The van der Waals surface area contributed by atoms with Crippen molar-refractivity contribution < 1.29 is 4.79 Å². The molecule has 0 saturated carbocycles. The van der Waals surface area contributed by atoms with Crippen LogP contribution in [0.3, 0.4) is 0 Å². The summed E-state index contributed by atoms with van der Waals surface area (Å²) < 4.78 is 1.67. The number of carbonyl (C=O) groups is 1. The highest BCUT2D eigenvalue weighted by molar-refractivity contribution is 6.31. The Hall–Kier alpha value is -3.15. The largest absolute Gasteiger partial charge is 0.310 e. The van der Waals surface area contributed by atoms with Crippen LogP contribution in [0.25, 0.3) is 22.4 Å². The Balaban J connectivity index is 1.75. The van der Waals surface area contributed by atoms with Gasteiger partial charge in [0.15, 0.2) is 0 Å². The molecule has 4 aromatic rings. The first-order chi connectivity index (χ1) is 14.5. The van der Waals surface area contributed by atoms with Gasteiger partial charge in [-0.25, -0.2) is 0 Å². The van der Waals surface area contributed by atoms with Gasteiger partial charge in [-0.3, -0.25) is 14.5 Å². The molecule has 2 heterocycles. The van der Waals surface area contributed by atoms with Gasteiger partial charge in [0.1, 0.15) is 11.5 Å². The van der Waals surface area contributed by atoms with E-state index in [0.29, 0.717) is 15.9 Å². The fourth-order valence-electron chi connectivity index (χ4n) is 3.26. The predicted molar refractivity (Wildman–Crippen MR) is 121 cm³/mol. The lowest BCUT2D eigenvalue weighted by atomic mass is 10.0. The summed E-state index contributed by atoms with van der Waals surface area (Å²) in [6.45, 7) is 0. The van der Waals surface area contributed by atoms with Gasteiger partial charge in [0, 0.05) is 35.1 Å². The molecule has 2 aromatic carbocycles. The number of nitrogens with zero attached hydrogens (tertiary/aromatic N) is 3. The van der Waals surface area contributed by atoms with Crippen LogP contribution in [0.1, 0.15) is 5.56 Å². The van der Waals surface area contributed by atoms with Gasteiger partial charge in [-0.1, -0.05) is 53.5 Å². The number of pyridine rings is 1. The van der Waals surface area contributed by atoms with E-state index in [4.69, 9.17) is 23.2 Å². The van der Waals surface area contributed by atoms with Gasteiger partial charge in [0.25, 0.3) is 0 Å². The SMILES string of the molecule is Cn1nc(-c2ccc(Cl)cc2)c(-c2ccncc2)c1NC(=O)Cc1ccccc1Cl. The normalized spacial score (nSPS) is 10.8. The Labute approximate surface area is 184 Å². The van der Waals surface area contributed by atoms with E-state index in [1.807, 2.05) is 54.6 Å². The molecule has 0 aliphatic heterocycles. The number of benzene rings is 2. The van der Waals surface area contributed by atoms with Crippen LogP contribution in [0.4, 0.5) is 5.82 Å². The van der Waals surface area contributed by atoms with Gasteiger partial charge in [-0.2, -0.15) is 5.10 Å². The molecule has 4 rings (SSSR count). The molecule has 0 saturated heterocycles. The number of aryl methyl sites for hydroxylation is 1. The van der Waals surface area contributed by atoms with Crippen molar-refractivity contribution in [3.63, 3.8) is 0 Å². The Kier molecular flexibility index (Phi) is 5.84. The van der Waals surface area contributed by atoms with E-state index >= 15 is 0 Å². The van der Waals surface area contributed by atoms with Gasteiger partial charge in [0.2, 0.25) is 5.91 Å². The van der Waals surface area contributed by atoms with Crippen LogP contribution in [0.2, 0.25) is 10.0 Å². The predicted octanol–water partition coefficient (Wildman–Crippen LogP) is 5.64. The van der Waals surface area contributed by atoms with E-state index < -0.39 is 0 Å². The molecule has 30 heavy (non-hydrogen) atoms. The van der Waals surface area contributed by atoms with Crippen molar-refractivity contribution in [2.75, 3.05) is 5.32 Å². The fourth-order valence-corrected chi connectivity index (χ4v) is 3.59. The van der Waals surface area contributed by atoms with E-state index in [2.05, 4.69) is 15.4 Å². The topological polar surface area (TPSA) is 59.8 Å². The molecular formula is C23H18Cl2N4O. The Morgan fingerprint density at radius 3 is 2.37 bits per heavy atom. The molecule has 2 aromatic heterocycles. The summed E-state index contributed by atoms with van der Waals surface area (Å²) in [5.74, 6) is 0.423. The average molecular weight is 437 g/mol. The Bertz CT molecular complexity index is 1190. The monoisotopic (exact) mass is 436 g/mol. The number of anilines is 1. The molecule has 150 valence electrons. The van der Waals surface area contributed by atoms with Crippen molar-refractivity contribution in [1.82, 2.24) is 14.8 Å². The zero-order chi connectivity index (χ0) is 21.1. The molecule has 0 fully saturated rings. The van der Waals surface area contributed by atoms with Crippen molar-refractivity contribution in [1.29, 1.82) is 0 Å². The quantitative estimate of drug-likeness (QED) is 0.440. The highest BCUT2D eigenvalue weighted by atomic mass is 35.5. The third-order valence-corrected chi connectivity index (χ3v) is 5.32. The fraction of sp³-hybridized carbons (Fsp3) is 0.0870. The van der Waals surface area contributed by atoms with E-state index in [9.17, 15) is 4.79 Å². The number of aromatic nitrogens is 3. The van der Waals surface area contributed by atoms with Gasteiger partial charge in [-0.05, 0) is 41.5 Å². The van der Waals surface area contributed by atoms with Gasteiger partial charge in [0.05, 0.1) is 12.0 Å². The summed E-state index contributed by atoms with van der Waals surface area (Å²) >= 11 is 12.3. The zero-order valence-electron chi connectivity index (χ0n) is 16.1. The number of hydrogen-bond donors (Lipinski definition) is 1. The lowest BCUT2D eigenvalue weighted by Gasteiger charge is -2.10. The summed E-state index contributed by atoms with van der Waals surface area (Å²) in [6.07, 6.45) is 3.59. The van der Waals surface area contributed by atoms with Crippen LogP contribution in [0.15, 0.2) is 73.1 Å². The molecule has 7 heteroatoms. The number of carbonyl (C=O) groups excluding carboxylic acids is 1. The molecule has 1 N–H and O–H groups in total. The van der Waals surface area contributed by atoms with Crippen molar-refractivity contribution in [2.45, 2.75) is 6.42 Å². The minimum atomic E-state index is -0.177. The Morgan fingerprint density at radius 2 is 1.67 bits per heavy atom. The van der Waals surface area contributed by atoms with Gasteiger partial charge in [-0.15, -0.1) is 0 Å². The minimum absolute atomic E-state index is 0.164. The van der Waals surface area contributed by atoms with Gasteiger partial charge < -0.3 is 5.32 Å². The second-order valence-electron chi connectivity index (χ2n) is 6.75. The van der Waals surface area contributed by atoms with Crippen LogP contribution in [0, 0.1) is 0 Å². The number of rotatable bonds is 5. The van der Waals surface area contributed by atoms with Crippen LogP contribution >= 0.6 is 23.2 Å². The highest BCUT2D eigenvalue weighted by Gasteiger charge is 2.21. The molecular weight excluding hydrogens is 419 g/mol. The molecule has 5 nitrogen and oxygen atoms in total. The molecule has 0 atom stereocenters. The molecule has 0 radical (unpaired) electrons. The van der Waals surface area contributed by atoms with E-state index in [0.717, 1.165) is 27.9 Å². The van der Waals surface area contributed by atoms with E-state index in [-0.39, 0.29) is 12.3 Å². The smallest absolute Gasteiger partial charge is 0.230 e. The molecule has 0 aliphatic rings. The maximum absolute atomic E-state index is 12.8. The third-order valence-electron chi connectivity index (χ3n) is 4.70. The maximum Gasteiger partial charge on any atom is 0.230 e. The Morgan fingerprint density at radius 1 is 0.967 bits per heavy atom. The standard InChI is InChI=1S/C23H18Cl2N4O/c1-29-23(27-20(30)14-17-4-2-3-5-19(17)25)21(15-10-12-26-13-11-15)22(28-29)16-6-8-18(24)9-7-16/h2-13H,14H2,1H3,(H,27,30). The molecule has 1 amide bonds. The minimum Gasteiger partial charge on any atom is -0.310 e. The molecule has 0 bridgehead atoms. The number of nitrogens with one attached hydrogen (secondary N) is 1. The van der Waals surface area contributed by atoms with Crippen molar-refractivity contribution >= 4 is 34.9 Å². The van der Waals surface area contributed by atoms with Crippen LogP contribution < -0.4 is 5.32 Å². The van der Waals surface area contributed by atoms with E-state index in [1.54, 1.807) is 30.2 Å². The second-order valence-corrected chi connectivity index (χ2v) is 7.60. The first-order valence-corrected chi connectivity index (χ1v) is 10.0. The number of hydrogen-bond acceptors (Lipinski definition) is 3. The van der Waals surface area contributed by atoms with Crippen molar-refractivity contribution in [3.05, 3.63) is 88.7 Å². The number of halogens is 2. The van der Waals surface area contributed by atoms with Crippen LogP contribution in [-0.2, 0) is 18.3 Å². The molecule has 0 unspecified atom stereocenters. The highest BCUT2D eigenvalue weighted by Crippen LogP contribution is 2.37. The average Bonchev–Trinajstić information content (AvgIpc) is 3.07. The van der Waals surface area contributed by atoms with Crippen molar-refractivity contribution in [2.24, 2.45) is 7.05 Å². The van der Waals surface area contributed by atoms with Crippen molar-refractivity contribution in [3.8, 4) is 22.4 Å². The first-order valence-electron chi connectivity index (χ1n) is 9.29. The van der Waals surface area contributed by atoms with E-state index in [1.165, 1.54) is 0 Å². The summed E-state index contributed by atoms with van der Waals surface area (Å²) in [5.41, 5.74) is 4.12. The zero-order valence-corrected chi connectivity index (χ0v) is 17.7. The second kappa shape index (κ2) is 8.69. The lowest BCUT2D eigenvalue weighted by Crippen LogP contribution is -2.17. The first kappa shape index (κ1) is 20.1. The van der Waals surface area contributed by atoms with Crippen LogP contribution in [-0.4, -0.2) is 20.7 Å². The molecule has 0 aliphatic carbocycles. The summed E-state index contributed by atoms with van der Waals surface area (Å²) in [4.78, 5) is 16.9. The summed E-state index contributed by atoms with van der Waals surface area (Å²) in [6, 6.07) is 18.5.